The van der Waals surface area contributed by atoms with E-state index in [2.05, 4.69) is 15.3 Å². The zero-order valence-electron chi connectivity index (χ0n) is 13.2. The van der Waals surface area contributed by atoms with E-state index >= 15 is 0 Å². The number of β-amino-alcohol motifs (C(OH)–C–C–N with tert-alkyl or cyclic N) is 1. The van der Waals surface area contributed by atoms with E-state index in [4.69, 9.17) is 4.42 Å². The molecule has 124 valence electrons. The summed E-state index contributed by atoms with van der Waals surface area (Å²) >= 11 is 0. The lowest BCUT2D eigenvalue weighted by molar-refractivity contribution is 0.0267. The largest absolute Gasteiger partial charge is 0.441 e. The minimum absolute atomic E-state index is 0.118. The van der Waals surface area contributed by atoms with Crippen molar-refractivity contribution in [3.05, 3.63) is 42.0 Å². The summed E-state index contributed by atoms with van der Waals surface area (Å²) < 4.78 is 7.01. The molecule has 0 spiro atoms. The SMILES string of the molecule is Cc1nc2cc(C(=O)N3CCC(O)(Cn4ccnn4)C3)ccc2o1. The maximum Gasteiger partial charge on any atom is 0.254 e. The van der Waals surface area contributed by atoms with Crippen LogP contribution in [0.5, 0.6) is 0 Å². The number of hydrogen-bond donors (Lipinski definition) is 1. The molecule has 8 nitrogen and oxygen atoms in total. The van der Waals surface area contributed by atoms with Crippen LogP contribution in [-0.2, 0) is 6.54 Å². The van der Waals surface area contributed by atoms with Gasteiger partial charge in [-0.15, -0.1) is 5.10 Å². The molecule has 1 saturated heterocycles. The van der Waals surface area contributed by atoms with Crippen molar-refractivity contribution in [1.29, 1.82) is 0 Å². The highest BCUT2D eigenvalue weighted by atomic mass is 16.3. The lowest BCUT2D eigenvalue weighted by Crippen LogP contribution is -2.39. The molecule has 0 aliphatic carbocycles. The molecule has 1 aliphatic rings. The van der Waals surface area contributed by atoms with Crippen molar-refractivity contribution in [3.8, 4) is 0 Å². The van der Waals surface area contributed by atoms with E-state index in [0.29, 0.717) is 42.1 Å². The Morgan fingerprint density at radius 1 is 1.46 bits per heavy atom. The van der Waals surface area contributed by atoms with E-state index in [9.17, 15) is 9.90 Å². The molecular weight excluding hydrogens is 310 g/mol. The predicted molar refractivity (Wildman–Crippen MR) is 84.2 cm³/mol. The van der Waals surface area contributed by atoms with Crippen molar-refractivity contribution in [3.63, 3.8) is 0 Å². The Bertz CT molecular complexity index is 888. The number of oxazole rings is 1. The van der Waals surface area contributed by atoms with Crippen LogP contribution < -0.4 is 0 Å². The van der Waals surface area contributed by atoms with Gasteiger partial charge in [-0.3, -0.25) is 4.79 Å². The van der Waals surface area contributed by atoms with Crippen LogP contribution in [0, 0.1) is 6.92 Å². The number of carbonyl (C=O) groups is 1. The number of rotatable bonds is 3. The van der Waals surface area contributed by atoms with Gasteiger partial charge in [-0.25, -0.2) is 9.67 Å². The predicted octanol–water partition coefficient (Wildman–Crippen LogP) is 1.00. The number of hydrogen-bond acceptors (Lipinski definition) is 6. The van der Waals surface area contributed by atoms with Crippen molar-refractivity contribution in [2.75, 3.05) is 13.1 Å². The van der Waals surface area contributed by atoms with Gasteiger partial charge in [-0.2, -0.15) is 0 Å². The zero-order chi connectivity index (χ0) is 16.7. The third-order valence-corrected chi connectivity index (χ3v) is 4.29. The van der Waals surface area contributed by atoms with Gasteiger partial charge < -0.3 is 14.4 Å². The number of benzene rings is 1. The minimum Gasteiger partial charge on any atom is -0.441 e. The summed E-state index contributed by atoms with van der Waals surface area (Å²) in [5.41, 5.74) is 0.877. The van der Waals surface area contributed by atoms with Crippen LogP contribution in [0.4, 0.5) is 0 Å². The van der Waals surface area contributed by atoms with Crippen molar-refractivity contribution in [2.24, 2.45) is 0 Å². The highest BCUT2D eigenvalue weighted by Gasteiger charge is 2.39. The first-order valence-electron chi connectivity index (χ1n) is 7.75. The molecule has 1 amide bonds. The third kappa shape index (κ3) is 2.65. The second kappa shape index (κ2) is 5.41. The van der Waals surface area contributed by atoms with Crippen LogP contribution in [0.15, 0.2) is 35.0 Å². The van der Waals surface area contributed by atoms with Crippen LogP contribution >= 0.6 is 0 Å². The number of aryl methyl sites for hydroxylation is 1. The topological polar surface area (TPSA) is 97.3 Å². The lowest BCUT2D eigenvalue weighted by atomic mass is 10.0. The summed E-state index contributed by atoms with van der Waals surface area (Å²) in [5.74, 6) is 0.449. The maximum absolute atomic E-state index is 12.7. The van der Waals surface area contributed by atoms with Gasteiger partial charge in [0.1, 0.15) is 11.1 Å². The molecule has 1 unspecified atom stereocenters. The van der Waals surface area contributed by atoms with Gasteiger partial charge in [-0.05, 0) is 24.6 Å². The van der Waals surface area contributed by atoms with Gasteiger partial charge in [0.2, 0.25) is 0 Å². The third-order valence-electron chi connectivity index (χ3n) is 4.29. The molecule has 0 radical (unpaired) electrons. The maximum atomic E-state index is 12.7. The number of carbonyl (C=O) groups excluding carboxylic acids is 1. The normalized spacial score (nSPS) is 20.8. The quantitative estimate of drug-likeness (QED) is 0.771. The summed E-state index contributed by atoms with van der Waals surface area (Å²) in [6.45, 7) is 2.85. The Labute approximate surface area is 137 Å². The van der Waals surface area contributed by atoms with E-state index < -0.39 is 5.60 Å². The van der Waals surface area contributed by atoms with Crippen molar-refractivity contribution in [2.45, 2.75) is 25.5 Å². The second-order valence-electron chi connectivity index (χ2n) is 6.22. The monoisotopic (exact) mass is 327 g/mol. The molecule has 4 rings (SSSR count). The molecule has 1 aliphatic heterocycles. The number of aliphatic hydroxyl groups is 1. The van der Waals surface area contributed by atoms with Gasteiger partial charge in [0.25, 0.3) is 5.91 Å². The smallest absolute Gasteiger partial charge is 0.254 e. The summed E-state index contributed by atoms with van der Waals surface area (Å²) in [6, 6.07) is 5.20. The standard InChI is InChI=1S/C16H17N5O3/c1-11-18-13-8-12(2-3-14(13)24-11)15(22)20-6-4-16(23,9-20)10-21-7-5-17-19-21/h2-3,5,7-8,23H,4,6,9-10H2,1H3. The van der Waals surface area contributed by atoms with E-state index in [-0.39, 0.29) is 12.5 Å². The van der Waals surface area contributed by atoms with Crippen molar-refractivity contribution < 1.29 is 14.3 Å². The Morgan fingerprint density at radius 2 is 2.33 bits per heavy atom. The van der Waals surface area contributed by atoms with E-state index in [1.54, 1.807) is 47.1 Å². The van der Waals surface area contributed by atoms with Crippen LogP contribution in [0.3, 0.4) is 0 Å². The average Bonchev–Trinajstić information content (AvgIpc) is 3.25. The average molecular weight is 327 g/mol. The number of amides is 1. The fraction of sp³-hybridized carbons (Fsp3) is 0.375. The molecule has 24 heavy (non-hydrogen) atoms. The second-order valence-corrected chi connectivity index (χ2v) is 6.22. The van der Waals surface area contributed by atoms with Crippen LogP contribution in [0.1, 0.15) is 22.7 Å². The Hall–Kier alpha value is -2.74. The highest BCUT2D eigenvalue weighted by molar-refractivity contribution is 5.97. The van der Waals surface area contributed by atoms with Crippen LogP contribution in [0.2, 0.25) is 0 Å². The first-order chi connectivity index (χ1) is 11.5. The van der Waals surface area contributed by atoms with E-state index in [1.165, 1.54) is 0 Å². The number of likely N-dealkylation sites (tertiary alicyclic amines) is 1. The fourth-order valence-corrected chi connectivity index (χ4v) is 3.14. The van der Waals surface area contributed by atoms with Gasteiger partial charge in [0.15, 0.2) is 11.5 Å². The number of nitrogens with zero attached hydrogens (tertiary/aromatic N) is 5. The van der Waals surface area contributed by atoms with Gasteiger partial charge in [0.05, 0.1) is 19.3 Å². The van der Waals surface area contributed by atoms with Gasteiger partial charge in [0, 0.05) is 25.2 Å². The van der Waals surface area contributed by atoms with Gasteiger partial charge in [-0.1, -0.05) is 5.21 Å². The first kappa shape index (κ1) is 14.8. The molecule has 1 fully saturated rings. The Morgan fingerprint density at radius 3 is 3.12 bits per heavy atom. The number of aromatic nitrogens is 4. The summed E-state index contributed by atoms with van der Waals surface area (Å²) in [5, 5.41) is 18.3. The van der Waals surface area contributed by atoms with Crippen LogP contribution in [0.25, 0.3) is 11.1 Å². The summed E-state index contributed by atoms with van der Waals surface area (Å²) in [6.07, 6.45) is 3.77. The molecule has 3 aromatic rings. The molecule has 0 bridgehead atoms. The van der Waals surface area contributed by atoms with Crippen LogP contribution in [-0.4, -0.2) is 54.6 Å². The molecule has 3 heterocycles. The Balaban J connectivity index is 1.51. The molecule has 0 saturated carbocycles. The molecule has 8 heteroatoms. The summed E-state index contributed by atoms with van der Waals surface area (Å²) in [7, 11) is 0. The molecule has 1 aromatic carbocycles. The zero-order valence-corrected chi connectivity index (χ0v) is 13.2. The Kier molecular flexibility index (Phi) is 3.34. The number of fused-ring (bicyclic) bond motifs is 1. The highest BCUT2D eigenvalue weighted by Crippen LogP contribution is 2.25. The molecular formula is C16H17N5O3. The molecule has 2 aromatic heterocycles. The minimum atomic E-state index is -0.988. The molecule has 1 N–H and O–H groups in total. The summed E-state index contributed by atoms with van der Waals surface area (Å²) in [4.78, 5) is 18.6. The van der Waals surface area contributed by atoms with Crippen molar-refractivity contribution >= 4 is 17.0 Å². The first-order valence-corrected chi connectivity index (χ1v) is 7.75. The fourth-order valence-electron chi connectivity index (χ4n) is 3.14. The van der Waals surface area contributed by atoms with E-state index in [1.807, 2.05) is 0 Å². The van der Waals surface area contributed by atoms with Gasteiger partial charge >= 0.3 is 0 Å². The molecule has 1 atom stereocenters. The lowest BCUT2D eigenvalue weighted by Gasteiger charge is -2.23. The van der Waals surface area contributed by atoms with Crippen molar-refractivity contribution in [1.82, 2.24) is 24.9 Å². The van der Waals surface area contributed by atoms with E-state index in [0.717, 1.165) is 0 Å².